The molecule has 3 unspecified atom stereocenters. The number of pyridine rings is 2. The van der Waals surface area contributed by atoms with Gasteiger partial charge in [-0.05, 0) is 93.0 Å². The van der Waals surface area contributed by atoms with E-state index in [1.54, 1.807) is 38.0 Å². The number of carbonyl (C=O) groups excluding carboxylic acids is 3. The number of cyclic esters (lactones) is 1. The summed E-state index contributed by atoms with van der Waals surface area (Å²) in [6.07, 6.45) is 4.71. The number of piperazine rings is 1. The maximum Gasteiger partial charge on any atom is 0.596 e. The molecule has 6 aliphatic heterocycles. The molecule has 19 nitrogen and oxygen atoms in total. The van der Waals surface area contributed by atoms with Crippen LogP contribution in [0.25, 0.3) is 38.8 Å². The van der Waals surface area contributed by atoms with Gasteiger partial charge in [-0.3, -0.25) is 14.5 Å². The van der Waals surface area contributed by atoms with E-state index in [-0.39, 0.29) is 131 Å². The highest BCUT2D eigenvalue weighted by Crippen LogP contribution is 2.60. The Kier molecular flexibility index (Phi) is 14.4. The van der Waals surface area contributed by atoms with Crippen molar-refractivity contribution < 1.29 is 55.8 Å². The number of thioether (sulfide) groups is 1. The molecule has 3 fully saturated rings. The largest absolute Gasteiger partial charge is 0.596 e. The molecule has 9 heterocycles. The Balaban J connectivity index is 0.763. The fourth-order valence-corrected chi connectivity index (χ4v) is 16.3. The molecule has 0 saturated carbocycles. The molecule has 454 valence electrons. The van der Waals surface area contributed by atoms with Crippen LogP contribution in [-0.4, -0.2) is 139 Å². The highest BCUT2D eigenvalue weighted by molar-refractivity contribution is 8.04. The minimum Gasteiger partial charge on any atom is -0.461 e. The third-order valence-electron chi connectivity index (χ3n) is 19.3. The van der Waals surface area contributed by atoms with Crippen molar-refractivity contribution >= 4 is 80.7 Å². The Hall–Kier alpha value is -8.16. The smallest absolute Gasteiger partial charge is 0.461 e. The Morgan fingerprint density at radius 1 is 1.09 bits per heavy atom. The number of halogens is 5. The number of aliphatic hydroxyl groups is 1. The molecule has 8 aliphatic rings. The number of aryl methyl sites for hydroxylation is 1. The normalized spacial score (nSPS) is 26.2. The van der Waals surface area contributed by atoms with Gasteiger partial charge in [0, 0.05) is 77.6 Å². The van der Waals surface area contributed by atoms with Crippen LogP contribution in [0, 0.1) is 47.1 Å². The van der Waals surface area contributed by atoms with Gasteiger partial charge < -0.3 is 39.4 Å². The summed E-state index contributed by atoms with van der Waals surface area (Å²) in [4.78, 5) is 75.1. The second-order valence-electron chi connectivity index (χ2n) is 24.1. The van der Waals surface area contributed by atoms with Gasteiger partial charge in [0.25, 0.3) is 11.5 Å². The molecule has 3 saturated heterocycles. The summed E-state index contributed by atoms with van der Waals surface area (Å²) in [6, 6.07) is 7.62. The number of aromatic nitrogens is 4. The lowest BCUT2D eigenvalue weighted by atomic mass is 9.75. The summed E-state index contributed by atoms with van der Waals surface area (Å²) < 4.78 is 82.7. The van der Waals surface area contributed by atoms with Crippen molar-refractivity contribution in [3.8, 4) is 29.5 Å². The second-order valence-corrected chi connectivity index (χ2v) is 26.0. The molecule has 2 aromatic carbocycles. The van der Waals surface area contributed by atoms with E-state index in [0.29, 0.717) is 59.2 Å². The van der Waals surface area contributed by atoms with Crippen molar-refractivity contribution in [3.63, 3.8) is 0 Å². The molecule has 25 heteroatoms. The Bertz CT molecular complexity index is 4290. The van der Waals surface area contributed by atoms with Gasteiger partial charge in [0.15, 0.2) is 17.6 Å². The van der Waals surface area contributed by atoms with Crippen LogP contribution in [0.5, 0.6) is 6.01 Å². The summed E-state index contributed by atoms with van der Waals surface area (Å²) >= 11 is 8.03. The van der Waals surface area contributed by atoms with Crippen molar-refractivity contribution in [2.45, 2.75) is 113 Å². The van der Waals surface area contributed by atoms with Crippen molar-refractivity contribution in [1.82, 2.24) is 29.3 Å². The Morgan fingerprint density at radius 3 is 2.65 bits per heavy atom. The number of esters is 1. The molecule has 0 bridgehead atoms. The molecular formula is C63H59ClF4N11O8S+. The number of hydrogen-bond acceptors (Lipinski definition) is 17. The molecule has 7 atom stereocenters. The predicted molar refractivity (Wildman–Crippen MR) is 317 cm³/mol. The van der Waals surface area contributed by atoms with Crippen molar-refractivity contribution in [2.75, 3.05) is 57.9 Å². The minimum atomic E-state index is -2.07. The van der Waals surface area contributed by atoms with Gasteiger partial charge in [0.1, 0.15) is 56.0 Å². The number of alkyl halides is 1. The summed E-state index contributed by atoms with van der Waals surface area (Å²) in [5.41, 5.74) is 6.81. The predicted octanol–water partition coefficient (Wildman–Crippen LogP) is 8.35. The molecule has 13 rings (SSSR count). The fraction of sp³-hybridized carbons (Fsp3) is 0.429. The number of hydrogen-bond donors (Lipinski definition) is 2. The van der Waals surface area contributed by atoms with Crippen LogP contribution in [0.1, 0.15) is 97.2 Å². The number of nitrogens with two attached hydrogens (primary N) is 1. The number of fused-ring (bicyclic) bond motifs is 8. The molecule has 88 heavy (non-hydrogen) atoms. The van der Waals surface area contributed by atoms with E-state index in [2.05, 4.69) is 28.6 Å². The maximum atomic E-state index is 17.7. The molecule has 2 aliphatic carbocycles. The van der Waals surface area contributed by atoms with Gasteiger partial charge >= 0.3 is 18.1 Å². The summed E-state index contributed by atoms with van der Waals surface area (Å²) in [7, 11) is 1.49. The standard InChI is InChI=1S/C63H59ClF4N11O8S/c1-6-63(84)41-19-45-52-39(26-79(45)57(81)40(41)28-85-58(63)82)47-32(8-9-35-31(3)43(66)20-44(72-52)49(35)47)23-75(5)60(83)86-27-30(2)56(80)78-17-16-76(25-34(78)12-14-69)55-37-18-42(64)48(36-10-11-46(67)61(4)50(36)38(22-70)54(71)88-61)51(68)53(37)73-59(74-55)87-29-62-13-7-15-77(62)24-33(65)21-62/h10-11,18-20,23,32-34,50,84H,2,6-9,12-13,15-17,21,24-29,71H2,1,3-5H3/q+1/b75-23+/t32?,33-,34+,50?,61?,62+,63+/m1/s1. The average molecular weight is 1240 g/mol. The molecule has 5 aromatic rings. The quantitative estimate of drug-likeness (QED) is 0.0407. The SMILES string of the molecule is C=C(COC(=O)/[N+](C)=C/C1CCc2c(C)c(F)cc3nc4c(c1c23)Cn1c-4cc2c(c1=O)COC(=O)[C@]2(O)CC)C(=O)N1CCN(c2nc(OC[C@@]34CCCN3C[C@H](F)C4)nc3c(F)c(C4=CC=C(F)C5(C)SC(N)=C(C#N)C45)c(Cl)cc23)C[C@@H]1CC#N. The number of amides is 2. The van der Waals surface area contributed by atoms with E-state index in [1.165, 1.54) is 45.4 Å². The number of anilines is 1. The van der Waals surface area contributed by atoms with Crippen LogP contribution >= 0.6 is 23.4 Å². The van der Waals surface area contributed by atoms with Crippen LogP contribution in [0.4, 0.5) is 28.2 Å². The third kappa shape index (κ3) is 9.01. The second kappa shape index (κ2) is 21.6. The first-order valence-electron chi connectivity index (χ1n) is 29.1. The number of carbonyl (C=O) groups is 3. The number of rotatable bonds is 11. The number of nitriles is 2. The number of ether oxygens (including phenoxy) is 3. The van der Waals surface area contributed by atoms with Gasteiger partial charge in [-0.15, -0.1) is 4.58 Å². The van der Waals surface area contributed by atoms with E-state index in [1.807, 2.05) is 0 Å². The van der Waals surface area contributed by atoms with Gasteiger partial charge in [-0.1, -0.05) is 42.9 Å². The first-order chi connectivity index (χ1) is 42.0. The molecule has 2 amide bonds. The number of benzene rings is 2. The number of allylic oxidation sites excluding steroid dienone is 4. The molecular weight excluding hydrogens is 1180 g/mol. The Labute approximate surface area is 511 Å². The highest BCUT2D eigenvalue weighted by Gasteiger charge is 2.53. The first kappa shape index (κ1) is 58.8. The topological polar surface area (TPSA) is 246 Å². The zero-order valence-corrected chi connectivity index (χ0v) is 50.0. The lowest BCUT2D eigenvalue weighted by Gasteiger charge is -2.41. The zero-order valence-electron chi connectivity index (χ0n) is 48.4. The van der Waals surface area contributed by atoms with Crippen molar-refractivity contribution in [3.05, 3.63) is 125 Å². The summed E-state index contributed by atoms with van der Waals surface area (Å²) in [6.45, 7) is 9.08. The lowest BCUT2D eigenvalue weighted by molar-refractivity contribution is -0.410. The number of nitrogens with zero attached hydrogens (tertiary/aromatic N) is 10. The van der Waals surface area contributed by atoms with E-state index in [0.717, 1.165) is 29.3 Å². The van der Waals surface area contributed by atoms with E-state index < -0.39 is 87.5 Å². The van der Waals surface area contributed by atoms with Crippen LogP contribution in [0.2, 0.25) is 5.02 Å². The fourth-order valence-electron chi connectivity index (χ4n) is 14.7. The monoisotopic (exact) mass is 1240 g/mol. The average Bonchev–Trinajstić information content (AvgIpc) is 1.49. The third-order valence-corrected chi connectivity index (χ3v) is 20.9. The maximum absolute atomic E-state index is 17.7. The van der Waals surface area contributed by atoms with Crippen LogP contribution in [-0.2, 0) is 44.2 Å². The summed E-state index contributed by atoms with van der Waals surface area (Å²) in [5, 5.41) is 32.8. The van der Waals surface area contributed by atoms with E-state index in [4.69, 9.17) is 41.5 Å². The van der Waals surface area contributed by atoms with Crippen LogP contribution in [0.15, 0.2) is 63.7 Å². The van der Waals surface area contributed by atoms with Gasteiger partial charge in [0.2, 0.25) is 0 Å². The highest BCUT2D eigenvalue weighted by atomic mass is 35.5. The van der Waals surface area contributed by atoms with Crippen LogP contribution in [0.3, 0.4) is 0 Å². The minimum absolute atomic E-state index is 0.00458. The van der Waals surface area contributed by atoms with Gasteiger partial charge in [0.05, 0.1) is 85.4 Å². The van der Waals surface area contributed by atoms with Gasteiger partial charge in [-0.25, -0.2) is 27.3 Å². The van der Waals surface area contributed by atoms with Crippen molar-refractivity contribution in [1.29, 1.82) is 10.5 Å². The Morgan fingerprint density at radius 2 is 1.89 bits per heavy atom. The van der Waals surface area contributed by atoms with Crippen LogP contribution < -0.4 is 20.9 Å². The van der Waals surface area contributed by atoms with Gasteiger partial charge in [-0.2, -0.15) is 25.3 Å². The first-order valence-corrected chi connectivity index (χ1v) is 30.3. The van der Waals surface area contributed by atoms with E-state index >= 15 is 13.2 Å². The molecule has 3 N–H and O–H groups in total. The summed E-state index contributed by atoms with van der Waals surface area (Å²) in [5.74, 6) is -4.74. The van der Waals surface area contributed by atoms with Crippen molar-refractivity contribution in [2.24, 2.45) is 11.7 Å². The zero-order chi connectivity index (χ0) is 62.2. The lowest BCUT2D eigenvalue weighted by Crippen LogP contribution is -2.56. The molecule has 0 radical (unpaired) electrons. The molecule has 0 spiro atoms. The van der Waals surface area contributed by atoms with E-state index in [9.17, 15) is 39.2 Å². The molecule has 3 aromatic heterocycles.